The largest absolute Gasteiger partial charge is 0.652 e. The highest BCUT2D eigenvalue weighted by molar-refractivity contribution is 5.47. The lowest BCUT2D eigenvalue weighted by Crippen LogP contribution is -2.51. The van der Waals surface area contributed by atoms with Crippen LogP contribution in [-0.4, -0.2) is 90.9 Å². The molecule has 0 aliphatic heterocycles. The van der Waals surface area contributed by atoms with Crippen LogP contribution >= 0.6 is 0 Å². The number of carbonyl (C=O) groups excluding carboxylic acids is 1. The summed E-state index contributed by atoms with van der Waals surface area (Å²) in [6.07, 6.45) is 5.00. The number of hydrogen-bond acceptors (Lipinski definition) is 5. The molecule has 0 heterocycles. The maximum absolute atomic E-state index is 9.07. The quantitative estimate of drug-likeness (QED) is 0.358. The number of aliphatic hydroxyl groups is 2. The summed E-state index contributed by atoms with van der Waals surface area (Å²) in [5.74, 6) is 0. The van der Waals surface area contributed by atoms with Crippen molar-refractivity contribution in [2.75, 3.05) is 65.6 Å². The fourth-order valence-corrected chi connectivity index (χ4v) is 4.61. The fraction of sp³-hybridized carbons (Fsp3) is 0.957. The lowest BCUT2D eigenvalue weighted by atomic mass is 10.2. The summed E-state index contributed by atoms with van der Waals surface area (Å²) in [5, 5.41) is 34.8. The lowest BCUT2D eigenvalue weighted by molar-refractivity contribution is -0.928. The van der Waals surface area contributed by atoms with E-state index in [1.165, 1.54) is 77.8 Å². The van der Waals surface area contributed by atoms with Crippen molar-refractivity contribution in [2.24, 2.45) is 0 Å². The van der Waals surface area contributed by atoms with E-state index in [1.54, 1.807) is 0 Å². The molecule has 0 amide bonds. The van der Waals surface area contributed by atoms with Gasteiger partial charge in [0.1, 0.15) is 13.1 Å². The minimum absolute atomic E-state index is 0.333. The van der Waals surface area contributed by atoms with Crippen molar-refractivity contribution in [1.29, 1.82) is 0 Å². The second kappa shape index (κ2) is 22.8. The Morgan fingerprint density at radius 2 is 0.700 bits per heavy atom. The minimum atomic E-state index is -2.33. The van der Waals surface area contributed by atoms with Crippen molar-refractivity contribution in [3.8, 4) is 0 Å². The predicted octanol–water partition coefficient (Wildman–Crippen LogP) is 1.60. The average Bonchev–Trinajstić information content (AvgIpc) is 2.64. The molecule has 0 rings (SSSR count). The Morgan fingerprint density at radius 1 is 0.533 bits per heavy atom. The number of nitrogens with zero attached hydrogens (tertiary/aromatic N) is 2. The summed E-state index contributed by atoms with van der Waals surface area (Å²) in [6, 6.07) is 0. The molecule has 0 radical (unpaired) electrons. The summed E-state index contributed by atoms with van der Waals surface area (Å²) in [7, 11) is 0. The van der Waals surface area contributed by atoms with E-state index in [1.807, 2.05) is 0 Å². The van der Waals surface area contributed by atoms with Crippen LogP contribution in [0.25, 0.3) is 0 Å². The van der Waals surface area contributed by atoms with E-state index in [9.17, 15) is 0 Å². The van der Waals surface area contributed by atoms with Gasteiger partial charge in [0.15, 0.2) is 0 Å². The molecule has 0 bridgehead atoms. The molecule has 0 spiro atoms. The van der Waals surface area contributed by atoms with Crippen LogP contribution in [-0.2, 0) is 0 Å². The molecule has 7 nitrogen and oxygen atoms in total. The van der Waals surface area contributed by atoms with Gasteiger partial charge in [-0.2, -0.15) is 0 Å². The first-order chi connectivity index (χ1) is 14.2. The van der Waals surface area contributed by atoms with E-state index in [0.29, 0.717) is 13.2 Å². The summed E-state index contributed by atoms with van der Waals surface area (Å²) in [5.41, 5.74) is 0. The third kappa shape index (κ3) is 19.1. The molecule has 0 atom stereocenters. The average molecular weight is 437 g/mol. The molecule has 0 aromatic carbocycles. The van der Waals surface area contributed by atoms with Crippen molar-refractivity contribution in [2.45, 2.75) is 80.1 Å². The Hall–Kier alpha value is -0.890. The molecule has 0 fully saturated rings. The third-order valence-electron chi connectivity index (χ3n) is 5.34. The second-order valence-electron chi connectivity index (χ2n) is 8.17. The highest BCUT2D eigenvalue weighted by Gasteiger charge is 2.24. The SMILES string of the molecule is CCC[N+](CCC)(CCC)CCO.CCC[N+](CCC)(CCC)CCO.O=C([O-])[O-]. The molecule has 0 aromatic rings. The fourth-order valence-electron chi connectivity index (χ4n) is 4.61. The number of carboxylic acid groups (broad SMARTS) is 2. The molecule has 0 unspecified atom stereocenters. The number of carbonyl (C=O) groups is 1. The van der Waals surface area contributed by atoms with Gasteiger partial charge in [-0.25, -0.2) is 0 Å². The summed E-state index contributed by atoms with van der Waals surface area (Å²) >= 11 is 0. The first kappa shape index (κ1) is 33.7. The van der Waals surface area contributed by atoms with Crippen molar-refractivity contribution < 1.29 is 34.2 Å². The van der Waals surface area contributed by atoms with Crippen LogP contribution in [0.1, 0.15) is 80.1 Å². The van der Waals surface area contributed by atoms with E-state index in [0.717, 1.165) is 22.1 Å². The zero-order valence-electron chi connectivity index (χ0n) is 20.8. The van der Waals surface area contributed by atoms with Gasteiger partial charge in [0.2, 0.25) is 0 Å². The summed E-state index contributed by atoms with van der Waals surface area (Å²) in [4.78, 5) is 8.33. The van der Waals surface area contributed by atoms with Crippen molar-refractivity contribution in [1.82, 2.24) is 0 Å². The van der Waals surface area contributed by atoms with Gasteiger partial charge in [0.25, 0.3) is 0 Å². The van der Waals surface area contributed by atoms with Crippen LogP contribution < -0.4 is 10.2 Å². The van der Waals surface area contributed by atoms with Crippen molar-refractivity contribution >= 4 is 6.16 Å². The van der Waals surface area contributed by atoms with E-state index >= 15 is 0 Å². The maximum atomic E-state index is 9.07. The Bertz CT molecular complexity index is 276. The highest BCUT2D eigenvalue weighted by atomic mass is 16.6. The number of quaternary nitrogens is 2. The molecule has 0 aliphatic rings. The van der Waals surface area contributed by atoms with Crippen LogP contribution in [0.2, 0.25) is 0 Å². The molecule has 30 heavy (non-hydrogen) atoms. The molecular weight excluding hydrogens is 384 g/mol. The third-order valence-corrected chi connectivity index (χ3v) is 5.34. The molecule has 7 heteroatoms. The van der Waals surface area contributed by atoms with E-state index in [4.69, 9.17) is 25.2 Å². The standard InChI is InChI=1S/2C11H26NO.CH2O3/c2*1-4-7-12(8-5-2,9-6-3)10-11-13;2-1(3)4/h2*13H,4-11H2,1-3H3;(H2,2,3,4)/q2*+1;/p-2. The second-order valence-corrected chi connectivity index (χ2v) is 8.17. The molecule has 0 aliphatic carbocycles. The van der Waals surface area contributed by atoms with E-state index < -0.39 is 6.16 Å². The molecule has 0 aromatic heterocycles. The van der Waals surface area contributed by atoms with Crippen LogP contribution in [0.4, 0.5) is 4.79 Å². The van der Waals surface area contributed by atoms with E-state index in [-0.39, 0.29) is 0 Å². The number of rotatable bonds is 16. The predicted molar refractivity (Wildman–Crippen MR) is 121 cm³/mol. The highest BCUT2D eigenvalue weighted by Crippen LogP contribution is 2.11. The van der Waals surface area contributed by atoms with Gasteiger partial charge in [-0.05, 0) is 44.7 Å². The lowest BCUT2D eigenvalue weighted by Gasteiger charge is -2.38. The van der Waals surface area contributed by atoms with Gasteiger partial charge >= 0.3 is 0 Å². The van der Waals surface area contributed by atoms with Crippen molar-refractivity contribution in [3.05, 3.63) is 0 Å². The van der Waals surface area contributed by atoms with Gasteiger partial charge in [-0.15, -0.1) is 0 Å². The van der Waals surface area contributed by atoms with Crippen LogP contribution in [0.15, 0.2) is 0 Å². The van der Waals surface area contributed by atoms with Gasteiger partial charge < -0.3 is 34.2 Å². The molecule has 0 saturated carbocycles. The zero-order chi connectivity index (χ0) is 23.9. The first-order valence-corrected chi connectivity index (χ1v) is 12.0. The Balaban J connectivity index is -0.000000412. The van der Waals surface area contributed by atoms with Gasteiger partial charge in [-0.3, -0.25) is 0 Å². The van der Waals surface area contributed by atoms with E-state index in [2.05, 4.69) is 41.5 Å². The number of hydrogen-bond donors (Lipinski definition) is 2. The minimum Gasteiger partial charge on any atom is -0.652 e. The monoisotopic (exact) mass is 436 g/mol. The van der Waals surface area contributed by atoms with Gasteiger partial charge in [0, 0.05) is 0 Å². The van der Waals surface area contributed by atoms with Crippen LogP contribution in [0.5, 0.6) is 0 Å². The number of aliphatic hydroxyl groups excluding tert-OH is 2. The molecular formula is C23H52N2O5. The summed E-state index contributed by atoms with van der Waals surface area (Å²) < 4.78 is 2.25. The molecule has 0 saturated heterocycles. The topological polar surface area (TPSA) is 104 Å². The van der Waals surface area contributed by atoms with Crippen molar-refractivity contribution in [3.63, 3.8) is 0 Å². The van der Waals surface area contributed by atoms with Crippen LogP contribution in [0, 0.1) is 0 Å². The Morgan fingerprint density at radius 3 is 0.800 bits per heavy atom. The van der Waals surface area contributed by atoms with Gasteiger partial charge in [-0.1, -0.05) is 41.5 Å². The Labute approximate surface area is 186 Å². The summed E-state index contributed by atoms with van der Waals surface area (Å²) in [6.45, 7) is 23.3. The van der Waals surface area contributed by atoms with Crippen LogP contribution in [0.3, 0.4) is 0 Å². The normalized spacial score (nSPS) is 11.2. The Kier molecular flexibility index (Phi) is 25.6. The molecule has 184 valence electrons. The molecule has 2 N–H and O–H groups in total. The zero-order valence-corrected chi connectivity index (χ0v) is 20.8. The smallest absolute Gasteiger partial charge is 0.102 e. The van der Waals surface area contributed by atoms with Gasteiger partial charge in [0.05, 0.1) is 52.5 Å². The maximum Gasteiger partial charge on any atom is 0.102 e. The first-order valence-electron chi connectivity index (χ1n) is 12.0.